The molecule has 2 aromatic rings. The van der Waals surface area contributed by atoms with Gasteiger partial charge in [0.25, 0.3) is 0 Å². The van der Waals surface area contributed by atoms with Crippen LogP contribution in [0.5, 0.6) is 0 Å². The fourth-order valence-corrected chi connectivity index (χ4v) is 3.83. The van der Waals surface area contributed by atoms with Crippen molar-refractivity contribution in [2.45, 2.75) is 32.5 Å². The monoisotopic (exact) mass is 430 g/mol. The number of aliphatic imine (C=N–C) groups is 1. The summed E-state index contributed by atoms with van der Waals surface area (Å²) < 4.78 is 41.5. The smallest absolute Gasteiger partial charge is 0.354 e. The molecule has 31 heavy (non-hydrogen) atoms. The Kier molecular flexibility index (Phi) is 6.91. The number of hydrogen-bond donors (Lipinski definition) is 1. The van der Waals surface area contributed by atoms with Crippen molar-refractivity contribution in [3.05, 3.63) is 53.0 Å². The van der Waals surface area contributed by atoms with Crippen LogP contribution in [0.4, 0.5) is 19.0 Å². The van der Waals surface area contributed by atoms with Gasteiger partial charge in [-0.3, -0.25) is 4.99 Å². The lowest BCUT2D eigenvalue weighted by Crippen LogP contribution is -2.51. The zero-order chi connectivity index (χ0) is 22.6. The molecule has 0 spiro atoms. The van der Waals surface area contributed by atoms with Crippen LogP contribution in [0.25, 0.3) is 0 Å². The highest BCUT2D eigenvalue weighted by Gasteiger charge is 2.37. The van der Waals surface area contributed by atoms with E-state index in [2.05, 4.69) is 34.1 Å². The molecule has 3 rings (SSSR count). The van der Waals surface area contributed by atoms with Crippen LogP contribution in [-0.2, 0) is 6.18 Å². The number of nitrogens with zero attached hydrogens (tertiary/aromatic N) is 5. The van der Waals surface area contributed by atoms with Crippen LogP contribution in [0.15, 0.2) is 35.5 Å². The molecule has 0 aliphatic carbocycles. The van der Waals surface area contributed by atoms with Gasteiger partial charge in [0, 0.05) is 44.5 Å². The third-order valence-electron chi connectivity index (χ3n) is 5.14. The molecule has 9 heteroatoms. The number of nitriles is 1. The minimum Gasteiger partial charge on any atom is -0.354 e. The second-order valence-corrected chi connectivity index (χ2v) is 7.87. The highest BCUT2D eigenvalue weighted by molar-refractivity contribution is 6.13. The molecule has 2 aromatic heterocycles. The van der Waals surface area contributed by atoms with Crippen molar-refractivity contribution in [1.82, 2.24) is 15.3 Å². The molecular weight excluding hydrogens is 405 g/mol. The predicted octanol–water partition coefficient (Wildman–Crippen LogP) is 3.66. The molecule has 1 aliphatic heterocycles. The topological polar surface area (TPSA) is 77.2 Å². The van der Waals surface area contributed by atoms with Gasteiger partial charge in [0.1, 0.15) is 23.3 Å². The van der Waals surface area contributed by atoms with E-state index in [0.29, 0.717) is 24.8 Å². The zero-order valence-corrected chi connectivity index (χ0v) is 17.7. The largest absolute Gasteiger partial charge is 0.418 e. The molecule has 0 bridgehead atoms. The Morgan fingerprint density at radius 1 is 1.35 bits per heavy atom. The summed E-state index contributed by atoms with van der Waals surface area (Å²) in [6, 6.07) is 7.71. The number of nitrogens with one attached hydrogen (secondary N) is 1. The van der Waals surface area contributed by atoms with Gasteiger partial charge < -0.3 is 10.2 Å². The normalized spacial score (nSPS) is 17.7. The number of aromatic nitrogens is 2. The average Bonchev–Trinajstić information content (AvgIpc) is 2.73. The lowest BCUT2D eigenvalue weighted by Gasteiger charge is -2.35. The van der Waals surface area contributed by atoms with Gasteiger partial charge in [0.15, 0.2) is 0 Å². The Balaban J connectivity index is 2.07. The molecule has 1 unspecified atom stereocenters. The van der Waals surface area contributed by atoms with E-state index in [0.717, 1.165) is 19.0 Å². The number of rotatable bonds is 5. The van der Waals surface area contributed by atoms with Gasteiger partial charge in [-0.15, -0.1) is 0 Å². The summed E-state index contributed by atoms with van der Waals surface area (Å²) >= 11 is 0. The van der Waals surface area contributed by atoms with Gasteiger partial charge in [-0.25, -0.2) is 9.97 Å². The van der Waals surface area contributed by atoms with Crippen LogP contribution in [0.1, 0.15) is 42.8 Å². The van der Waals surface area contributed by atoms with Crippen LogP contribution in [0.3, 0.4) is 0 Å². The van der Waals surface area contributed by atoms with E-state index in [4.69, 9.17) is 0 Å². The Hall–Kier alpha value is -2.99. The minimum atomic E-state index is -4.62. The van der Waals surface area contributed by atoms with Crippen molar-refractivity contribution in [1.29, 1.82) is 5.26 Å². The molecule has 1 atom stereocenters. The van der Waals surface area contributed by atoms with E-state index < -0.39 is 11.7 Å². The van der Waals surface area contributed by atoms with E-state index in [1.54, 1.807) is 6.07 Å². The van der Waals surface area contributed by atoms with Crippen LogP contribution in [0.2, 0.25) is 0 Å². The number of piperazine rings is 1. The Morgan fingerprint density at radius 2 is 2.13 bits per heavy atom. The highest BCUT2D eigenvalue weighted by atomic mass is 19.4. The van der Waals surface area contributed by atoms with E-state index >= 15 is 0 Å². The summed E-state index contributed by atoms with van der Waals surface area (Å²) in [4.78, 5) is 14.5. The third kappa shape index (κ3) is 5.20. The second-order valence-electron chi connectivity index (χ2n) is 7.87. The van der Waals surface area contributed by atoms with Gasteiger partial charge in [-0.05, 0) is 36.6 Å². The van der Waals surface area contributed by atoms with Crippen LogP contribution in [0, 0.1) is 17.2 Å². The molecule has 0 radical (unpaired) electrons. The maximum Gasteiger partial charge on any atom is 0.418 e. The maximum absolute atomic E-state index is 13.8. The van der Waals surface area contributed by atoms with Crippen molar-refractivity contribution in [2.24, 2.45) is 10.9 Å². The summed E-state index contributed by atoms with van der Waals surface area (Å²) in [5.41, 5.74) is -0.967. The fraction of sp³-hybridized carbons (Fsp3) is 0.455. The lowest BCUT2D eigenvalue weighted by molar-refractivity contribution is -0.137. The van der Waals surface area contributed by atoms with Gasteiger partial charge in [-0.1, -0.05) is 13.8 Å². The first-order valence-corrected chi connectivity index (χ1v) is 10.1. The van der Waals surface area contributed by atoms with Gasteiger partial charge >= 0.3 is 6.18 Å². The van der Waals surface area contributed by atoms with E-state index in [9.17, 15) is 18.4 Å². The first-order valence-electron chi connectivity index (χ1n) is 10.1. The Morgan fingerprint density at radius 3 is 2.77 bits per heavy atom. The molecule has 164 valence electrons. The molecule has 6 nitrogen and oxygen atoms in total. The molecule has 1 saturated heterocycles. The first-order chi connectivity index (χ1) is 14.7. The van der Waals surface area contributed by atoms with Gasteiger partial charge in [0.05, 0.1) is 11.3 Å². The molecule has 3 heterocycles. The highest BCUT2D eigenvalue weighted by Crippen LogP contribution is 2.34. The standard InChI is InChI=1S/C22H25F3N6/c1-14(2)11-15-13-31(10-9-28-15)19-7-6-17(22(23,24)25)21(30-19)20(27-3)16-5-4-8-29-18(16)12-26/h4-8,14-15,28H,9-11,13H2,1-3H3. The summed E-state index contributed by atoms with van der Waals surface area (Å²) in [6.45, 7) is 6.30. The number of hydrogen-bond acceptors (Lipinski definition) is 6. The fourth-order valence-electron chi connectivity index (χ4n) is 3.83. The van der Waals surface area contributed by atoms with E-state index in [-0.39, 0.29) is 28.7 Å². The van der Waals surface area contributed by atoms with Crippen LogP contribution in [-0.4, -0.2) is 48.4 Å². The van der Waals surface area contributed by atoms with Crippen molar-refractivity contribution < 1.29 is 13.2 Å². The first kappa shape index (κ1) is 22.7. The molecule has 1 N–H and O–H groups in total. The summed E-state index contributed by atoms with van der Waals surface area (Å²) in [5.74, 6) is 0.962. The molecule has 0 amide bonds. The third-order valence-corrected chi connectivity index (χ3v) is 5.14. The molecular formula is C22H25F3N6. The Labute approximate surface area is 179 Å². The van der Waals surface area contributed by atoms with Crippen molar-refractivity contribution in [3.63, 3.8) is 0 Å². The van der Waals surface area contributed by atoms with Crippen molar-refractivity contribution in [2.75, 3.05) is 31.6 Å². The van der Waals surface area contributed by atoms with Crippen molar-refractivity contribution in [3.8, 4) is 6.07 Å². The molecule has 0 aromatic carbocycles. The average molecular weight is 430 g/mol. The van der Waals surface area contributed by atoms with Gasteiger partial charge in [0.2, 0.25) is 0 Å². The SMILES string of the molecule is CN=C(c1cccnc1C#N)c1nc(N2CCNC(CC(C)C)C2)ccc1C(F)(F)F. The number of pyridine rings is 2. The summed E-state index contributed by atoms with van der Waals surface area (Å²) in [7, 11) is 1.39. The summed E-state index contributed by atoms with van der Waals surface area (Å²) in [5, 5.41) is 12.8. The zero-order valence-electron chi connectivity index (χ0n) is 17.7. The molecule has 1 aliphatic rings. The number of halogens is 3. The quantitative estimate of drug-likeness (QED) is 0.733. The van der Waals surface area contributed by atoms with Crippen LogP contribution < -0.4 is 10.2 Å². The molecule has 1 fully saturated rings. The van der Waals surface area contributed by atoms with Crippen LogP contribution >= 0.6 is 0 Å². The van der Waals surface area contributed by atoms with E-state index in [1.165, 1.54) is 25.4 Å². The van der Waals surface area contributed by atoms with E-state index in [1.807, 2.05) is 11.0 Å². The molecule has 0 saturated carbocycles. The van der Waals surface area contributed by atoms with Crippen molar-refractivity contribution >= 4 is 11.5 Å². The second kappa shape index (κ2) is 9.43. The number of anilines is 1. The maximum atomic E-state index is 13.8. The summed E-state index contributed by atoms with van der Waals surface area (Å²) in [6.07, 6.45) is -2.23. The predicted molar refractivity (Wildman–Crippen MR) is 113 cm³/mol. The lowest BCUT2D eigenvalue weighted by atomic mass is 10.00. The van der Waals surface area contributed by atoms with Gasteiger partial charge in [-0.2, -0.15) is 18.4 Å². The minimum absolute atomic E-state index is 0.00241. The number of alkyl halides is 3. The Bertz CT molecular complexity index is 993.